The molecular weight excluding hydrogens is 306 g/mol. The lowest BCUT2D eigenvalue weighted by Crippen LogP contribution is -2.12. The molecule has 0 aliphatic rings. The number of sulfonamides is 1. The third kappa shape index (κ3) is 2.32. The molecule has 5 nitrogen and oxygen atoms in total. The van der Waals surface area contributed by atoms with Crippen LogP contribution >= 0.6 is 22.9 Å². The number of fused-ring (bicyclic) bond motifs is 1. The van der Waals surface area contributed by atoms with Gasteiger partial charge in [-0.15, -0.1) is 11.3 Å². The SMILES string of the molecule is O=S(=O)(Nc1cccn2ccnc12)c1ccc(Cl)s1. The maximum absolute atomic E-state index is 12.2. The highest BCUT2D eigenvalue weighted by Gasteiger charge is 2.18. The normalized spacial score (nSPS) is 11.8. The number of hydrogen-bond donors (Lipinski definition) is 1. The smallest absolute Gasteiger partial charge is 0.271 e. The van der Waals surface area contributed by atoms with Gasteiger partial charge < -0.3 is 4.40 Å². The fourth-order valence-corrected chi connectivity index (χ4v) is 4.21. The average molecular weight is 314 g/mol. The molecule has 0 spiro atoms. The van der Waals surface area contributed by atoms with Crippen molar-refractivity contribution in [1.82, 2.24) is 9.38 Å². The van der Waals surface area contributed by atoms with Crippen LogP contribution in [0.4, 0.5) is 5.69 Å². The van der Waals surface area contributed by atoms with Crippen molar-refractivity contribution in [3.8, 4) is 0 Å². The van der Waals surface area contributed by atoms with E-state index in [0.717, 1.165) is 11.3 Å². The van der Waals surface area contributed by atoms with Crippen LogP contribution in [0.25, 0.3) is 5.65 Å². The molecule has 1 N–H and O–H groups in total. The fourth-order valence-electron chi connectivity index (χ4n) is 1.67. The van der Waals surface area contributed by atoms with Gasteiger partial charge >= 0.3 is 0 Å². The molecular formula is C11H8ClN3O2S2. The Kier molecular flexibility index (Phi) is 2.96. The zero-order valence-corrected chi connectivity index (χ0v) is 11.8. The standard InChI is InChI=1S/C11H8ClN3O2S2/c12-9-3-4-10(18-9)19(16,17)14-8-2-1-6-15-7-5-13-11(8)15/h1-7,14H. The molecule has 0 fully saturated rings. The van der Waals surface area contributed by atoms with Crippen molar-refractivity contribution in [1.29, 1.82) is 0 Å². The number of nitrogens with zero attached hydrogens (tertiary/aromatic N) is 2. The summed E-state index contributed by atoms with van der Waals surface area (Å²) in [7, 11) is -3.63. The minimum absolute atomic E-state index is 0.172. The Morgan fingerprint density at radius 3 is 2.84 bits per heavy atom. The highest BCUT2D eigenvalue weighted by atomic mass is 35.5. The van der Waals surface area contributed by atoms with Gasteiger partial charge in [0.15, 0.2) is 5.65 Å². The summed E-state index contributed by atoms with van der Waals surface area (Å²) in [6.07, 6.45) is 5.15. The highest BCUT2D eigenvalue weighted by Crippen LogP contribution is 2.28. The van der Waals surface area contributed by atoms with Crippen molar-refractivity contribution in [3.05, 3.63) is 47.2 Å². The van der Waals surface area contributed by atoms with Gasteiger partial charge in [-0.1, -0.05) is 11.6 Å². The molecule has 0 unspecified atom stereocenters. The summed E-state index contributed by atoms with van der Waals surface area (Å²) in [6, 6.07) is 6.43. The second-order valence-corrected chi connectivity index (χ2v) is 7.37. The predicted molar refractivity (Wildman–Crippen MR) is 75.3 cm³/mol. The second-order valence-electron chi connectivity index (χ2n) is 3.74. The molecule has 8 heteroatoms. The van der Waals surface area contributed by atoms with E-state index in [9.17, 15) is 8.42 Å². The minimum atomic E-state index is -3.63. The van der Waals surface area contributed by atoms with Crippen LogP contribution in [-0.4, -0.2) is 17.8 Å². The molecule has 0 saturated carbocycles. The molecule has 0 atom stereocenters. The fraction of sp³-hybridized carbons (Fsp3) is 0. The van der Waals surface area contributed by atoms with Crippen LogP contribution in [0.15, 0.2) is 47.1 Å². The molecule has 3 rings (SSSR count). The molecule has 0 aliphatic carbocycles. The Labute approximate surface area is 118 Å². The zero-order valence-electron chi connectivity index (χ0n) is 9.45. The molecule has 0 radical (unpaired) electrons. The Balaban J connectivity index is 2.03. The Hall–Kier alpha value is -1.57. The summed E-state index contributed by atoms with van der Waals surface area (Å²) in [5.74, 6) is 0. The maximum Gasteiger partial charge on any atom is 0.271 e. The summed E-state index contributed by atoms with van der Waals surface area (Å²) >= 11 is 6.77. The Morgan fingerprint density at radius 2 is 2.11 bits per heavy atom. The number of halogens is 1. The van der Waals surface area contributed by atoms with Gasteiger partial charge in [0.05, 0.1) is 10.0 Å². The monoisotopic (exact) mass is 313 g/mol. The second kappa shape index (κ2) is 4.52. The zero-order chi connectivity index (χ0) is 13.5. The molecule has 3 aromatic rings. The minimum Gasteiger partial charge on any atom is -0.305 e. The van der Waals surface area contributed by atoms with Gasteiger partial charge in [-0.25, -0.2) is 13.4 Å². The van der Waals surface area contributed by atoms with Crippen LogP contribution in [0.3, 0.4) is 0 Å². The van der Waals surface area contributed by atoms with Crippen molar-refractivity contribution >= 4 is 44.3 Å². The largest absolute Gasteiger partial charge is 0.305 e. The van der Waals surface area contributed by atoms with Crippen LogP contribution in [0.2, 0.25) is 4.34 Å². The highest BCUT2D eigenvalue weighted by molar-refractivity contribution is 7.94. The first kappa shape index (κ1) is 12.5. The number of nitrogens with one attached hydrogen (secondary N) is 1. The van der Waals surface area contributed by atoms with Gasteiger partial charge in [-0.2, -0.15) is 0 Å². The first-order valence-electron chi connectivity index (χ1n) is 5.26. The van der Waals surface area contributed by atoms with E-state index in [2.05, 4.69) is 9.71 Å². The Bertz CT molecular complexity index is 838. The maximum atomic E-state index is 12.2. The van der Waals surface area contributed by atoms with Crippen LogP contribution in [0.5, 0.6) is 0 Å². The average Bonchev–Trinajstić information content (AvgIpc) is 2.97. The van der Waals surface area contributed by atoms with Crippen molar-refractivity contribution in [2.45, 2.75) is 4.21 Å². The van der Waals surface area contributed by atoms with Gasteiger partial charge in [0, 0.05) is 18.6 Å². The van der Waals surface area contributed by atoms with Gasteiger partial charge in [-0.05, 0) is 24.3 Å². The number of aromatic nitrogens is 2. The molecule has 19 heavy (non-hydrogen) atoms. The van der Waals surface area contributed by atoms with Gasteiger partial charge in [0.25, 0.3) is 10.0 Å². The molecule has 0 bridgehead atoms. The molecule has 0 aromatic carbocycles. The van der Waals surface area contributed by atoms with Crippen LogP contribution in [0.1, 0.15) is 0 Å². The topological polar surface area (TPSA) is 63.5 Å². The number of anilines is 1. The molecule has 98 valence electrons. The van der Waals surface area contributed by atoms with Crippen LogP contribution in [0, 0.1) is 0 Å². The summed E-state index contributed by atoms with van der Waals surface area (Å²) in [6.45, 7) is 0. The van der Waals surface area contributed by atoms with Crippen LogP contribution in [-0.2, 0) is 10.0 Å². The van der Waals surface area contributed by atoms with Gasteiger partial charge in [-0.3, -0.25) is 4.72 Å². The lowest BCUT2D eigenvalue weighted by atomic mass is 10.4. The van der Waals surface area contributed by atoms with Crippen LogP contribution < -0.4 is 4.72 Å². The van der Waals surface area contributed by atoms with Crippen molar-refractivity contribution in [2.75, 3.05) is 4.72 Å². The predicted octanol–water partition coefficient (Wildman–Crippen LogP) is 2.85. The number of pyridine rings is 1. The molecule has 0 aliphatic heterocycles. The molecule has 0 saturated heterocycles. The number of hydrogen-bond acceptors (Lipinski definition) is 4. The van der Waals surface area contributed by atoms with E-state index in [0.29, 0.717) is 15.7 Å². The Morgan fingerprint density at radius 1 is 1.26 bits per heavy atom. The van der Waals surface area contributed by atoms with E-state index >= 15 is 0 Å². The lowest BCUT2D eigenvalue weighted by molar-refractivity contribution is 0.603. The number of rotatable bonds is 3. The van der Waals surface area contributed by atoms with Crippen molar-refractivity contribution in [3.63, 3.8) is 0 Å². The van der Waals surface area contributed by atoms with E-state index in [1.165, 1.54) is 6.07 Å². The quantitative estimate of drug-likeness (QED) is 0.808. The van der Waals surface area contributed by atoms with E-state index in [1.54, 1.807) is 41.2 Å². The summed E-state index contributed by atoms with van der Waals surface area (Å²) in [4.78, 5) is 4.12. The first-order valence-corrected chi connectivity index (χ1v) is 7.94. The number of thiophene rings is 1. The molecule has 3 heterocycles. The van der Waals surface area contributed by atoms with E-state index in [-0.39, 0.29) is 4.21 Å². The van der Waals surface area contributed by atoms with Gasteiger partial charge in [0.1, 0.15) is 4.21 Å². The first-order chi connectivity index (χ1) is 9.06. The summed E-state index contributed by atoms with van der Waals surface area (Å²) < 4.78 is 29.2. The third-order valence-corrected chi connectivity index (χ3v) is 5.57. The van der Waals surface area contributed by atoms with E-state index < -0.39 is 10.0 Å². The molecule has 3 aromatic heterocycles. The van der Waals surface area contributed by atoms with E-state index in [4.69, 9.17) is 11.6 Å². The van der Waals surface area contributed by atoms with Gasteiger partial charge in [0.2, 0.25) is 0 Å². The summed E-state index contributed by atoms with van der Waals surface area (Å²) in [5.41, 5.74) is 0.978. The van der Waals surface area contributed by atoms with Crippen molar-refractivity contribution < 1.29 is 8.42 Å². The molecule has 0 amide bonds. The number of imidazole rings is 1. The third-order valence-electron chi connectivity index (χ3n) is 2.48. The van der Waals surface area contributed by atoms with Crippen molar-refractivity contribution in [2.24, 2.45) is 0 Å². The van der Waals surface area contributed by atoms with E-state index in [1.807, 2.05) is 0 Å². The summed E-state index contributed by atoms with van der Waals surface area (Å²) in [5, 5.41) is 0. The lowest BCUT2D eigenvalue weighted by Gasteiger charge is -2.07.